The monoisotopic (exact) mass is 270 g/mol. The van der Waals surface area contributed by atoms with E-state index in [4.69, 9.17) is 5.73 Å². The Hall–Kier alpha value is -0.860. The van der Waals surface area contributed by atoms with Gasteiger partial charge in [-0.1, -0.05) is 24.3 Å². The minimum atomic E-state index is 0.451. The normalized spacial score (nSPS) is 34.8. The van der Waals surface area contributed by atoms with Gasteiger partial charge in [-0.25, -0.2) is 0 Å². The van der Waals surface area contributed by atoms with Gasteiger partial charge in [0.05, 0.1) is 0 Å². The fourth-order valence-electron chi connectivity index (χ4n) is 4.93. The van der Waals surface area contributed by atoms with Gasteiger partial charge < -0.3 is 5.73 Å². The maximum atomic E-state index is 6.08. The van der Waals surface area contributed by atoms with Gasteiger partial charge in [-0.05, 0) is 74.6 Å². The van der Waals surface area contributed by atoms with Gasteiger partial charge in [0.15, 0.2) is 0 Å². The third-order valence-corrected chi connectivity index (χ3v) is 5.95. The van der Waals surface area contributed by atoms with E-state index in [1.54, 1.807) is 11.1 Å². The largest absolute Gasteiger partial charge is 0.328 e. The van der Waals surface area contributed by atoms with Crippen molar-refractivity contribution in [2.45, 2.75) is 50.6 Å². The van der Waals surface area contributed by atoms with Gasteiger partial charge in [0.2, 0.25) is 0 Å². The Morgan fingerprint density at radius 2 is 1.40 bits per heavy atom. The second-order valence-electron chi connectivity index (χ2n) is 7.14. The van der Waals surface area contributed by atoms with Crippen molar-refractivity contribution in [1.29, 1.82) is 0 Å². The predicted octanol–water partition coefficient (Wildman–Crippen LogP) is 2.60. The first-order valence-corrected chi connectivity index (χ1v) is 8.37. The first kappa shape index (κ1) is 12.8. The summed E-state index contributed by atoms with van der Waals surface area (Å²) in [5, 5.41) is 0. The van der Waals surface area contributed by atoms with Crippen molar-refractivity contribution in [3.05, 3.63) is 35.4 Å². The Morgan fingerprint density at radius 1 is 0.850 bits per heavy atom. The van der Waals surface area contributed by atoms with Crippen molar-refractivity contribution in [3.63, 3.8) is 0 Å². The van der Waals surface area contributed by atoms with Gasteiger partial charge >= 0.3 is 0 Å². The van der Waals surface area contributed by atoms with Crippen LogP contribution in [0.2, 0.25) is 0 Å². The maximum Gasteiger partial charge on any atom is 0.0158 e. The van der Waals surface area contributed by atoms with Crippen molar-refractivity contribution in [2.75, 3.05) is 13.1 Å². The quantitative estimate of drug-likeness (QED) is 0.850. The zero-order valence-corrected chi connectivity index (χ0v) is 12.3. The molecule has 108 valence electrons. The van der Waals surface area contributed by atoms with E-state index in [1.165, 1.54) is 51.6 Å². The molecule has 2 fully saturated rings. The number of benzene rings is 1. The van der Waals surface area contributed by atoms with Gasteiger partial charge in [0.25, 0.3) is 0 Å². The summed E-state index contributed by atoms with van der Waals surface area (Å²) in [6.07, 6.45) is 7.88. The highest BCUT2D eigenvalue weighted by molar-refractivity contribution is 5.31. The van der Waals surface area contributed by atoms with Crippen LogP contribution in [-0.4, -0.2) is 30.1 Å². The van der Waals surface area contributed by atoms with Crippen LogP contribution in [0.4, 0.5) is 0 Å². The molecule has 4 rings (SSSR count). The number of nitrogens with zero attached hydrogens (tertiary/aromatic N) is 1. The highest BCUT2D eigenvalue weighted by Crippen LogP contribution is 2.43. The van der Waals surface area contributed by atoms with Crippen LogP contribution in [0.5, 0.6) is 0 Å². The molecule has 0 spiro atoms. The third kappa shape index (κ3) is 2.19. The molecule has 0 amide bonds. The summed E-state index contributed by atoms with van der Waals surface area (Å²) >= 11 is 0. The van der Waals surface area contributed by atoms with Crippen LogP contribution < -0.4 is 5.73 Å². The zero-order valence-electron chi connectivity index (χ0n) is 12.3. The van der Waals surface area contributed by atoms with E-state index in [0.29, 0.717) is 6.04 Å². The molecule has 2 nitrogen and oxygen atoms in total. The summed E-state index contributed by atoms with van der Waals surface area (Å²) in [6, 6.07) is 10.4. The van der Waals surface area contributed by atoms with Crippen molar-refractivity contribution < 1.29 is 0 Å². The molecule has 1 aliphatic heterocycles. The van der Waals surface area contributed by atoms with E-state index in [9.17, 15) is 0 Å². The van der Waals surface area contributed by atoms with Gasteiger partial charge in [-0.3, -0.25) is 4.90 Å². The number of hydrogen-bond donors (Lipinski definition) is 1. The topological polar surface area (TPSA) is 29.3 Å². The Balaban J connectivity index is 1.58. The lowest BCUT2D eigenvalue weighted by Crippen LogP contribution is -2.49. The van der Waals surface area contributed by atoms with E-state index in [2.05, 4.69) is 29.2 Å². The Kier molecular flexibility index (Phi) is 3.31. The molecule has 2 aliphatic carbocycles. The predicted molar refractivity (Wildman–Crippen MR) is 82.6 cm³/mol. The first-order valence-electron chi connectivity index (χ1n) is 8.37. The zero-order chi connectivity index (χ0) is 13.5. The summed E-state index contributed by atoms with van der Waals surface area (Å²) in [5.74, 6) is 1.77. The third-order valence-electron chi connectivity index (χ3n) is 5.95. The smallest absolute Gasteiger partial charge is 0.0158 e. The van der Waals surface area contributed by atoms with Crippen LogP contribution >= 0.6 is 0 Å². The first-order chi connectivity index (χ1) is 9.81. The molecule has 1 heterocycles. The van der Waals surface area contributed by atoms with Gasteiger partial charge in [0, 0.05) is 12.1 Å². The Labute approximate surface area is 122 Å². The number of rotatable bonds is 1. The average Bonchev–Trinajstić information content (AvgIpc) is 2.75. The van der Waals surface area contributed by atoms with E-state index >= 15 is 0 Å². The lowest BCUT2D eigenvalue weighted by molar-refractivity contribution is 0.0984. The fourth-order valence-corrected chi connectivity index (χ4v) is 4.93. The van der Waals surface area contributed by atoms with Gasteiger partial charge in [0.1, 0.15) is 0 Å². The fraction of sp³-hybridized carbons (Fsp3) is 0.667. The molecule has 2 unspecified atom stereocenters. The molecule has 20 heavy (non-hydrogen) atoms. The highest BCUT2D eigenvalue weighted by atomic mass is 15.2. The van der Waals surface area contributed by atoms with Crippen LogP contribution in [0.1, 0.15) is 36.8 Å². The highest BCUT2D eigenvalue weighted by Gasteiger charge is 2.42. The molecule has 2 N–H and O–H groups in total. The van der Waals surface area contributed by atoms with E-state index < -0.39 is 0 Å². The minimum Gasteiger partial charge on any atom is -0.328 e. The average molecular weight is 270 g/mol. The summed E-state index contributed by atoms with van der Waals surface area (Å²) < 4.78 is 0. The molecule has 0 radical (unpaired) electrons. The molecular weight excluding hydrogens is 244 g/mol. The van der Waals surface area contributed by atoms with E-state index in [1.807, 2.05) is 0 Å². The van der Waals surface area contributed by atoms with Crippen LogP contribution in [0.15, 0.2) is 24.3 Å². The molecule has 1 aromatic rings. The lowest BCUT2D eigenvalue weighted by atomic mass is 9.91. The standard InChI is InChI=1S/C18H26N2/c19-17-7-9-20(10-8-17)18-15-5-6-16(18)12-14-4-2-1-3-13(14)11-15/h1-4,15-18H,5-12,19H2. The molecule has 3 aliphatic rings. The molecule has 2 bridgehead atoms. The number of likely N-dealkylation sites (tertiary alicyclic amines) is 1. The van der Waals surface area contributed by atoms with E-state index in [0.717, 1.165) is 17.9 Å². The molecule has 1 saturated carbocycles. The summed E-state index contributed by atoms with van der Waals surface area (Å²) in [4.78, 5) is 2.79. The molecule has 1 saturated heterocycles. The molecule has 2 atom stereocenters. The van der Waals surface area contributed by atoms with Crippen LogP contribution in [0.25, 0.3) is 0 Å². The second-order valence-corrected chi connectivity index (χ2v) is 7.14. The van der Waals surface area contributed by atoms with Crippen molar-refractivity contribution >= 4 is 0 Å². The molecule has 0 aromatic heterocycles. The summed E-state index contributed by atoms with van der Waals surface area (Å²) in [7, 11) is 0. The van der Waals surface area contributed by atoms with Gasteiger partial charge in [-0.15, -0.1) is 0 Å². The van der Waals surface area contributed by atoms with Crippen molar-refractivity contribution in [2.24, 2.45) is 17.6 Å². The van der Waals surface area contributed by atoms with Crippen LogP contribution in [-0.2, 0) is 12.8 Å². The molecule has 2 heteroatoms. The number of piperidine rings is 1. The SMILES string of the molecule is NC1CCN(C2C3CCC2Cc2ccccc2C3)CC1. The number of fused-ring (bicyclic) bond motifs is 3. The van der Waals surface area contributed by atoms with Crippen LogP contribution in [0.3, 0.4) is 0 Å². The molecular formula is C18H26N2. The van der Waals surface area contributed by atoms with Gasteiger partial charge in [-0.2, -0.15) is 0 Å². The Morgan fingerprint density at radius 3 is 1.95 bits per heavy atom. The van der Waals surface area contributed by atoms with Crippen molar-refractivity contribution in [3.8, 4) is 0 Å². The van der Waals surface area contributed by atoms with Crippen LogP contribution in [0, 0.1) is 11.8 Å². The van der Waals surface area contributed by atoms with Crippen molar-refractivity contribution in [1.82, 2.24) is 4.90 Å². The Bertz CT molecular complexity index is 443. The number of hydrogen-bond acceptors (Lipinski definition) is 2. The van der Waals surface area contributed by atoms with E-state index in [-0.39, 0.29) is 0 Å². The second kappa shape index (κ2) is 5.16. The maximum absolute atomic E-state index is 6.08. The summed E-state index contributed by atoms with van der Waals surface area (Å²) in [6.45, 7) is 2.46. The number of nitrogens with two attached hydrogens (primary N) is 1. The lowest BCUT2D eigenvalue weighted by Gasteiger charge is -2.39. The minimum absolute atomic E-state index is 0.451. The summed E-state index contributed by atoms with van der Waals surface area (Å²) in [5.41, 5.74) is 9.33. The molecule has 1 aromatic carbocycles.